The highest BCUT2D eigenvalue weighted by Gasteiger charge is 2.10. The largest absolute Gasteiger partial charge is 0.507 e. The van der Waals surface area contributed by atoms with Crippen LogP contribution in [-0.2, 0) is 16.0 Å². The second kappa shape index (κ2) is 6.52. The van der Waals surface area contributed by atoms with E-state index in [-0.39, 0.29) is 5.76 Å². The van der Waals surface area contributed by atoms with Crippen LogP contribution in [0.3, 0.4) is 0 Å². The molecule has 0 heterocycles. The van der Waals surface area contributed by atoms with Crippen LogP contribution in [0.5, 0.6) is 0 Å². The van der Waals surface area contributed by atoms with Gasteiger partial charge in [0, 0.05) is 11.6 Å². The monoisotopic (exact) mass is 282 g/mol. The Bertz CT molecular complexity index is 687. The molecule has 0 radical (unpaired) electrons. The lowest BCUT2D eigenvalue weighted by Gasteiger charge is -2.05. The van der Waals surface area contributed by atoms with Gasteiger partial charge in [0.25, 0.3) is 5.78 Å². The van der Waals surface area contributed by atoms with Crippen LogP contribution in [0.2, 0.25) is 0 Å². The number of carbonyl (C=O) groups is 2. The van der Waals surface area contributed by atoms with Gasteiger partial charge in [0.15, 0.2) is 0 Å². The Labute approximate surface area is 122 Å². The molecule has 0 amide bonds. The highest BCUT2D eigenvalue weighted by atomic mass is 16.4. The van der Waals surface area contributed by atoms with Crippen LogP contribution in [0, 0.1) is 0 Å². The maximum Gasteiger partial charge on any atom is 0.376 e. The molecule has 2 N–H and O–H groups in total. The first-order valence-corrected chi connectivity index (χ1v) is 6.37. The molecule has 2 aromatic carbocycles. The minimum Gasteiger partial charge on any atom is -0.507 e. The van der Waals surface area contributed by atoms with E-state index in [0.717, 1.165) is 11.1 Å². The molecule has 0 aromatic heterocycles. The van der Waals surface area contributed by atoms with Crippen LogP contribution < -0.4 is 0 Å². The number of hydrogen-bond acceptors (Lipinski definition) is 3. The van der Waals surface area contributed by atoms with Crippen molar-refractivity contribution in [2.75, 3.05) is 0 Å². The maximum absolute atomic E-state index is 11.1. The molecule has 0 bridgehead atoms. The normalized spacial score (nSPS) is 11.1. The fraction of sp³-hybridized carbons (Fsp3) is 0.0588. The number of carboxylic acid groups (broad SMARTS) is 1. The lowest BCUT2D eigenvalue weighted by Crippen LogP contribution is -2.09. The van der Waals surface area contributed by atoms with Gasteiger partial charge in [-0.15, -0.1) is 0 Å². The van der Waals surface area contributed by atoms with Gasteiger partial charge in [-0.25, -0.2) is 4.79 Å². The standard InChI is InChI=1S/C17H14O4/c18-15(11-16(19)17(20)21)14-8-4-7-13(10-14)9-12-5-2-1-3-6-12/h1-8,10-11,18H,9H2,(H,20,21)/b15-11-. The molecule has 0 aliphatic carbocycles. The number of benzene rings is 2. The first-order chi connectivity index (χ1) is 10.1. The molecule has 21 heavy (non-hydrogen) atoms. The molecule has 0 saturated heterocycles. The fourth-order valence-corrected chi connectivity index (χ4v) is 1.94. The topological polar surface area (TPSA) is 74.6 Å². The van der Waals surface area contributed by atoms with E-state index < -0.39 is 11.8 Å². The number of ketones is 1. The number of aliphatic carboxylic acids is 1. The Hall–Kier alpha value is -2.88. The minimum absolute atomic E-state index is 0.350. The van der Waals surface area contributed by atoms with Crippen LogP contribution in [0.1, 0.15) is 16.7 Å². The smallest absolute Gasteiger partial charge is 0.376 e. The predicted octanol–water partition coefficient (Wildman–Crippen LogP) is 2.83. The van der Waals surface area contributed by atoms with Gasteiger partial charge in [0.2, 0.25) is 0 Å². The van der Waals surface area contributed by atoms with Crippen LogP contribution >= 0.6 is 0 Å². The van der Waals surface area contributed by atoms with E-state index in [1.54, 1.807) is 18.2 Å². The zero-order valence-electron chi connectivity index (χ0n) is 11.2. The fourth-order valence-electron chi connectivity index (χ4n) is 1.94. The van der Waals surface area contributed by atoms with E-state index >= 15 is 0 Å². The Morgan fingerprint density at radius 1 is 0.905 bits per heavy atom. The number of carboxylic acids is 1. The Balaban J connectivity index is 2.22. The predicted molar refractivity (Wildman–Crippen MR) is 78.9 cm³/mol. The van der Waals surface area contributed by atoms with E-state index in [0.29, 0.717) is 18.1 Å². The lowest BCUT2D eigenvalue weighted by molar-refractivity contribution is -0.146. The quantitative estimate of drug-likeness (QED) is 0.502. The second-order valence-corrected chi connectivity index (χ2v) is 4.56. The first-order valence-electron chi connectivity index (χ1n) is 6.37. The number of rotatable bonds is 5. The van der Waals surface area contributed by atoms with Crippen LogP contribution in [-0.4, -0.2) is 22.0 Å². The van der Waals surface area contributed by atoms with Crippen molar-refractivity contribution in [2.24, 2.45) is 0 Å². The summed E-state index contributed by atoms with van der Waals surface area (Å²) in [6.45, 7) is 0. The number of aliphatic hydroxyl groups is 1. The zero-order chi connectivity index (χ0) is 15.2. The summed E-state index contributed by atoms with van der Waals surface area (Å²) in [5.74, 6) is -3.10. The van der Waals surface area contributed by atoms with Crippen LogP contribution in [0.15, 0.2) is 60.7 Å². The summed E-state index contributed by atoms with van der Waals surface area (Å²) in [6.07, 6.45) is 1.40. The van der Waals surface area contributed by atoms with Crippen molar-refractivity contribution >= 4 is 17.5 Å². The Kier molecular flexibility index (Phi) is 4.51. The number of aliphatic hydroxyl groups excluding tert-OH is 1. The van der Waals surface area contributed by atoms with Crippen molar-refractivity contribution in [3.05, 3.63) is 77.4 Å². The average Bonchev–Trinajstić information content (AvgIpc) is 2.48. The SMILES string of the molecule is O=C(O)C(=O)/C=C(\O)c1cccc(Cc2ccccc2)c1. The van der Waals surface area contributed by atoms with Crippen molar-refractivity contribution in [1.82, 2.24) is 0 Å². The van der Waals surface area contributed by atoms with Crippen LogP contribution in [0.25, 0.3) is 5.76 Å². The van der Waals surface area contributed by atoms with Gasteiger partial charge in [0.1, 0.15) is 5.76 Å². The molecule has 2 rings (SSSR count). The molecule has 0 saturated carbocycles. The lowest BCUT2D eigenvalue weighted by atomic mass is 10.0. The van der Waals surface area contributed by atoms with Gasteiger partial charge >= 0.3 is 5.97 Å². The molecular weight excluding hydrogens is 268 g/mol. The zero-order valence-corrected chi connectivity index (χ0v) is 11.2. The molecule has 0 unspecified atom stereocenters. The summed E-state index contributed by atoms with van der Waals surface area (Å²) in [4.78, 5) is 21.5. The summed E-state index contributed by atoms with van der Waals surface area (Å²) in [6, 6.07) is 16.8. The minimum atomic E-state index is -1.60. The molecule has 0 aliphatic heterocycles. The molecule has 0 atom stereocenters. The summed E-state index contributed by atoms with van der Waals surface area (Å²) < 4.78 is 0. The Morgan fingerprint density at radius 3 is 2.24 bits per heavy atom. The van der Waals surface area contributed by atoms with Gasteiger partial charge in [0.05, 0.1) is 0 Å². The third kappa shape index (κ3) is 4.04. The van der Waals surface area contributed by atoms with Gasteiger partial charge in [-0.05, 0) is 23.6 Å². The number of hydrogen-bond donors (Lipinski definition) is 2. The van der Waals surface area contributed by atoms with Gasteiger partial charge in [-0.3, -0.25) is 4.79 Å². The van der Waals surface area contributed by atoms with Gasteiger partial charge < -0.3 is 10.2 Å². The van der Waals surface area contributed by atoms with E-state index in [1.165, 1.54) is 0 Å². The highest BCUT2D eigenvalue weighted by Crippen LogP contribution is 2.16. The maximum atomic E-state index is 11.1. The van der Waals surface area contributed by atoms with E-state index in [9.17, 15) is 14.7 Å². The molecule has 4 heteroatoms. The molecule has 0 fully saturated rings. The molecule has 2 aromatic rings. The summed E-state index contributed by atoms with van der Waals surface area (Å²) in [5.41, 5.74) is 2.50. The molecule has 0 aliphatic rings. The average molecular weight is 282 g/mol. The summed E-state index contributed by atoms with van der Waals surface area (Å²) in [5, 5.41) is 18.3. The Morgan fingerprint density at radius 2 is 1.57 bits per heavy atom. The summed E-state index contributed by atoms with van der Waals surface area (Å²) >= 11 is 0. The first kappa shape index (κ1) is 14.5. The van der Waals surface area contributed by atoms with Crippen molar-refractivity contribution in [3.8, 4) is 0 Å². The van der Waals surface area contributed by atoms with Crippen molar-refractivity contribution in [1.29, 1.82) is 0 Å². The van der Waals surface area contributed by atoms with E-state index in [2.05, 4.69) is 0 Å². The highest BCUT2D eigenvalue weighted by molar-refractivity contribution is 6.38. The van der Waals surface area contributed by atoms with Crippen molar-refractivity contribution in [3.63, 3.8) is 0 Å². The van der Waals surface area contributed by atoms with Gasteiger partial charge in [-0.1, -0.05) is 48.5 Å². The molecular formula is C17H14O4. The summed E-state index contributed by atoms with van der Waals surface area (Å²) in [7, 11) is 0. The van der Waals surface area contributed by atoms with Crippen molar-refractivity contribution < 1.29 is 19.8 Å². The molecule has 4 nitrogen and oxygen atoms in total. The third-order valence-corrected chi connectivity index (χ3v) is 2.95. The van der Waals surface area contributed by atoms with E-state index in [4.69, 9.17) is 5.11 Å². The van der Waals surface area contributed by atoms with Gasteiger partial charge in [-0.2, -0.15) is 0 Å². The van der Waals surface area contributed by atoms with Crippen molar-refractivity contribution in [2.45, 2.75) is 6.42 Å². The third-order valence-electron chi connectivity index (χ3n) is 2.95. The molecule has 0 spiro atoms. The second-order valence-electron chi connectivity index (χ2n) is 4.56. The number of carbonyl (C=O) groups excluding carboxylic acids is 1. The van der Waals surface area contributed by atoms with E-state index in [1.807, 2.05) is 36.4 Å². The molecule has 106 valence electrons. The van der Waals surface area contributed by atoms with Crippen LogP contribution in [0.4, 0.5) is 0 Å².